The Balaban J connectivity index is 1.81. The molecule has 0 radical (unpaired) electrons. The highest BCUT2D eigenvalue weighted by Crippen LogP contribution is 2.14. The van der Waals surface area contributed by atoms with Gasteiger partial charge in [0.15, 0.2) is 0 Å². The molecule has 0 bridgehead atoms. The van der Waals surface area contributed by atoms with Gasteiger partial charge >= 0.3 is 6.01 Å². The highest BCUT2D eigenvalue weighted by Gasteiger charge is 2.19. The normalized spacial score (nSPS) is 18.6. The highest BCUT2D eigenvalue weighted by atomic mass is 16.4. The average Bonchev–Trinajstić information content (AvgIpc) is 3.09. The Bertz CT molecular complexity index is 454. The zero-order valence-electron chi connectivity index (χ0n) is 13.1. The summed E-state index contributed by atoms with van der Waals surface area (Å²) in [6.45, 7) is 9.14. The lowest BCUT2D eigenvalue weighted by Gasteiger charge is -2.23. The number of carbonyl (C=O) groups is 1. The lowest BCUT2D eigenvalue weighted by molar-refractivity contribution is -0.117. The molecule has 0 saturated carbocycles. The van der Waals surface area contributed by atoms with Crippen molar-refractivity contribution in [3.63, 3.8) is 0 Å². The van der Waals surface area contributed by atoms with E-state index in [0.29, 0.717) is 18.5 Å². The van der Waals surface area contributed by atoms with E-state index >= 15 is 0 Å². The van der Waals surface area contributed by atoms with Crippen LogP contribution < -0.4 is 10.6 Å². The van der Waals surface area contributed by atoms with Gasteiger partial charge in [-0.05, 0) is 25.9 Å². The second kappa shape index (κ2) is 7.51. The standard InChI is InChI=1S/C14H25N5O2/c1-4-19(8-11-6-5-7-15-11)9-12(20)16-14-18-17-13(21-14)10(2)3/h10-11,15H,4-9H2,1-3H3,(H,16,18,20). The van der Waals surface area contributed by atoms with Crippen LogP contribution in [0.25, 0.3) is 0 Å². The Morgan fingerprint density at radius 3 is 2.90 bits per heavy atom. The summed E-state index contributed by atoms with van der Waals surface area (Å²) in [6.07, 6.45) is 2.40. The molecule has 0 spiro atoms. The van der Waals surface area contributed by atoms with E-state index in [1.54, 1.807) is 0 Å². The van der Waals surface area contributed by atoms with Crippen molar-refractivity contribution >= 4 is 11.9 Å². The molecule has 1 fully saturated rings. The largest absolute Gasteiger partial charge is 0.408 e. The minimum atomic E-state index is -0.117. The number of carbonyl (C=O) groups excluding carboxylic acids is 1. The molecule has 1 aliphatic heterocycles. The molecule has 1 amide bonds. The summed E-state index contributed by atoms with van der Waals surface area (Å²) in [6, 6.07) is 0.674. The molecular weight excluding hydrogens is 270 g/mol. The number of hydrogen-bond acceptors (Lipinski definition) is 6. The summed E-state index contributed by atoms with van der Waals surface area (Å²) in [5, 5.41) is 13.8. The summed E-state index contributed by atoms with van der Waals surface area (Å²) in [5.41, 5.74) is 0. The van der Waals surface area contributed by atoms with E-state index in [2.05, 4.69) is 32.7 Å². The molecule has 118 valence electrons. The molecule has 2 N–H and O–H groups in total. The van der Waals surface area contributed by atoms with Crippen molar-refractivity contribution in [2.24, 2.45) is 0 Å². The summed E-state index contributed by atoms with van der Waals surface area (Å²) in [5.74, 6) is 0.574. The SMILES string of the molecule is CCN(CC(=O)Nc1nnc(C(C)C)o1)CC1CCCN1. The van der Waals surface area contributed by atoms with Gasteiger partial charge in [-0.15, -0.1) is 5.10 Å². The van der Waals surface area contributed by atoms with E-state index < -0.39 is 0 Å². The third-order valence-corrected chi connectivity index (χ3v) is 3.64. The van der Waals surface area contributed by atoms with Crippen LogP contribution in [0.5, 0.6) is 0 Å². The van der Waals surface area contributed by atoms with Crippen molar-refractivity contribution in [1.29, 1.82) is 0 Å². The van der Waals surface area contributed by atoms with Crippen LogP contribution in [0.15, 0.2) is 4.42 Å². The molecule has 0 aromatic carbocycles. The smallest absolute Gasteiger partial charge is 0.322 e. The molecule has 7 heteroatoms. The van der Waals surface area contributed by atoms with Crippen LogP contribution in [0.3, 0.4) is 0 Å². The van der Waals surface area contributed by atoms with E-state index in [-0.39, 0.29) is 17.8 Å². The maximum Gasteiger partial charge on any atom is 0.322 e. The number of anilines is 1. The van der Waals surface area contributed by atoms with Gasteiger partial charge in [-0.2, -0.15) is 0 Å². The Hall–Kier alpha value is -1.47. The third-order valence-electron chi connectivity index (χ3n) is 3.64. The quantitative estimate of drug-likeness (QED) is 0.786. The third kappa shape index (κ3) is 4.78. The Labute approximate surface area is 125 Å². The second-order valence-electron chi connectivity index (χ2n) is 5.77. The van der Waals surface area contributed by atoms with Crippen LogP contribution in [0.2, 0.25) is 0 Å². The molecule has 7 nitrogen and oxygen atoms in total. The molecule has 1 aromatic heterocycles. The van der Waals surface area contributed by atoms with Crippen molar-refractivity contribution in [3.8, 4) is 0 Å². The first-order valence-corrected chi connectivity index (χ1v) is 7.67. The minimum Gasteiger partial charge on any atom is -0.408 e. The van der Waals surface area contributed by atoms with Crippen LogP contribution in [0.4, 0.5) is 6.01 Å². The van der Waals surface area contributed by atoms with Crippen LogP contribution in [-0.2, 0) is 4.79 Å². The van der Waals surface area contributed by atoms with Crippen molar-refractivity contribution in [2.45, 2.75) is 45.6 Å². The van der Waals surface area contributed by atoms with Gasteiger partial charge in [0.05, 0.1) is 6.54 Å². The molecule has 1 unspecified atom stereocenters. The summed E-state index contributed by atoms with van der Waals surface area (Å²) < 4.78 is 5.38. The maximum absolute atomic E-state index is 12.0. The number of rotatable bonds is 7. The minimum absolute atomic E-state index is 0.117. The highest BCUT2D eigenvalue weighted by molar-refractivity contribution is 5.90. The lowest BCUT2D eigenvalue weighted by Crippen LogP contribution is -2.41. The number of likely N-dealkylation sites (N-methyl/N-ethyl adjacent to an activating group) is 1. The molecule has 1 aromatic rings. The Morgan fingerprint density at radius 1 is 1.52 bits per heavy atom. The van der Waals surface area contributed by atoms with Gasteiger partial charge in [-0.25, -0.2) is 0 Å². The number of hydrogen-bond donors (Lipinski definition) is 2. The van der Waals surface area contributed by atoms with Crippen molar-refractivity contribution in [1.82, 2.24) is 20.4 Å². The van der Waals surface area contributed by atoms with Gasteiger partial charge in [-0.3, -0.25) is 15.0 Å². The van der Waals surface area contributed by atoms with Gasteiger partial charge in [0.1, 0.15) is 0 Å². The van der Waals surface area contributed by atoms with Crippen LogP contribution >= 0.6 is 0 Å². The van der Waals surface area contributed by atoms with Gasteiger partial charge in [-0.1, -0.05) is 25.9 Å². The second-order valence-corrected chi connectivity index (χ2v) is 5.77. The monoisotopic (exact) mass is 295 g/mol. The maximum atomic E-state index is 12.0. The fraction of sp³-hybridized carbons (Fsp3) is 0.786. The van der Waals surface area contributed by atoms with E-state index in [1.165, 1.54) is 12.8 Å². The zero-order valence-corrected chi connectivity index (χ0v) is 13.1. The van der Waals surface area contributed by atoms with Crippen LogP contribution in [0.1, 0.15) is 45.4 Å². The van der Waals surface area contributed by atoms with Crippen LogP contribution in [-0.4, -0.2) is 53.2 Å². The fourth-order valence-electron chi connectivity index (χ4n) is 2.41. The first-order valence-electron chi connectivity index (χ1n) is 7.67. The van der Waals surface area contributed by atoms with Gasteiger partial charge in [0.25, 0.3) is 0 Å². The molecule has 21 heavy (non-hydrogen) atoms. The summed E-state index contributed by atoms with van der Waals surface area (Å²) in [4.78, 5) is 14.2. The van der Waals surface area contributed by atoms with Gasteiger partial charge in [0, 0.05) is 18.5 Å². The van der Waals surface area contributed by atoms with E-state index in [0.717, 1.165) is 19.6 Å². The van der Waals surface area contributed by atoms with Crippen molar-refractivity contribution < 1.29 is 9.21 Å². The first-order chi connectivity index (χ1) is 10.1. The van der Waals surface area contributed by atoms with Crippen LogP contribution in [0, 0.1) is 0 Å². The van der Waals surface area contributed by atoms with E-state index in [4.69, 9.17) is 4.42 Å². The number of amides is 1. The fourth-order valence-corrected chi connectivity index (χ4v) is 2.41. The van der Waals surface area contributed by atoms with E-state index in [1.807, 2.05) is 13.8 Å². The summed E-state index contributed by atoms with van der Waals surface area (Å²) in [7, 11) is 0. The van der Waals surface area contributed by atoms with Crippen molar-refractivity contribution in [3.05, 3.63) is 5.89 Å². The Morgan fingerprint density at radius 2 is 2.33 bits per heavy atom. The topological polar surface area (TPSA) is 83.3 Å². The molecule has 1 saturated heterocycles. The predicted octanol–water partition coefficient (Wildman–Crippen LogP) is 1.21. The molecular formula is C14H25N5O2. The number of aromatic nitrogens is 2. The number of nitrogens with zero attached hydrogens (tertiary/aromatic N) is 3. The lowest BCUT2D eigenvalue weighted by atomic mass is 10.2. The molecule has 1 atom stereocenters. The first kappa shape index (κ1) is 15.9. The molecule has 1 aliphatic rings. The van der Waals surface area contributed by atoms with Crippen molar-refractivity contribution in [2.75, 3.05) is 31.5 Å². The average molecular weight is 295 g/mol. The number of nitrogens with one attached hydrogen (secondary N) is 2. The summed E-state index contributed by atoms with van der Waals surface area (Å²) >= 11 is 0. The Kier molecular flexibility index (Phi) is 5.69. The molecule has 2 rings (SSSR count). The van der Waals surface area contributed by atoms with Gasteiger partial charge < -0.3 is 9.73 Å². The van der Waals surface area contributed by atoms with Gasteiger partial charge in [0.2, 0.25) is 11.8 Å². The zero-order chi connectivity index (χ0) is 15.2. The van der Waals surface area contributed by atoms with E-state index in [9.17, 15) is 4.79 Å². The predicted molar refractivity (Wildman–Crippen MR) is 80.2 cm³/mol. The molecule has 2 heterocycles. The molecule has 0 aliphatic carbocycles.